The molecule has 0 spiro atoms. The number of hydrogen-bond donors (Lipinski definition) is 3. The zero-order valence-corrected chi connectivity index (χ0v) is 15.0. The molecule has 0 saturated carbocycles. The van der Waals surface area contributed by atoms with Crippen molar-refractivity contribution in [1.29, 1.82) is 0 Å². The minimum atomic E-state index is -3.77. The number of carbonyl (C=O) groups is 1. The third kappa shape index (κ3) is 4.36. The molecule has 1 aliphatic rings. The van der Waals surface area contributed by atoms with Crippen LogP contribution in [0.25, 0.3) is 5.82 Å². The van der Waals surface area contributed by atoms with Crippen molar-refractivity contribution < 1.29 is 21.6 Å². The molecule has 11 nitrogen and oxygen atoms in total. The fourth-order valence-electron chi connectivity index (χ4n) is 2.25. The van der Waals surface area contributed by atoms with Crippen LogP contribution in [0.5, 0.6) is 0 Å². The zero-order valence-electron chi connectivity index (χ0n) is 13.4. The molecule has 2 bridgehead atoms. The maximum Gasteiger partial charge on any atom is 0.286 e. The van der Waals surface area contributed by atoms with Gasteiger partial charge in [0.1, 0.15) is 5.82 Å². The number of amides is 1. The fraction of sp³-hybridized carbons (Fsp3) is 0.308. The van der Waals surface area contributed by atoms with E-state index < -0.39 is 26.0 Å². The van der Waals surface area contributed by atoms with Gasteiger partial charge in [0.2, 0.25) is 20.0 Å². The van der Waals surface area contributed by atoms with E-state index in [1.54, 1.807) is 18.2 Å². The second kappa shape index (κ2) is 7.01. The highest BCUT2D eigenvalue weighted by molar-refractivity contribution is 7.92. The van der Waals surface area contributed by atoms with Gasteiger partial charge in [-0.3, -0.25) is 14.9 Å². The molecular formula is C13H16N6O5S2. The van der Waals surface area contributed by atoms with Gasteiger partial charge in [-0.1, -0.05) is 6.07 Å². The summed E-state index contributed by atoms with van der Waals surface area (Å²) in [6.07, 6.45) is 1.74. The Morgan fingerprint density at radius 2 is 1.77 bits per heavy atom. The Labute approximate surface area is 149 Å². The quantitative estimate of drug-likeness (QED) is 0.576. The molecule has 1 aliphatic heterocycles. The zero-order chi connectivity index (χ0) is 18.8. The molecule has 0 atom stereocenters. The van der Waals surface area contributed by atoms with E-state index in [0.717, 1.165) is 4.68 Å². The Bertz CT molecular complexity index is 1020. The molecule has 0 unspecified atom stereocenters. The van der Waals surface area contributed by atoms with Crippen LogP contribution in [0, 0.1) is 0 Å². The van der Waals surface area contributed by atoms with Gasteiger partial charge >= 0.3 is 0 Å². The van der Waals surface area contributed by atoms with Gasteiger partial charge < -0.3 is 0 Å². The molecule has 0 fully saturated rings. The number of carbonyl (C=O) groups excluding carboxylic acids is 1. The molecular weight excluding hydrogens is 384 g/mol. The van der Waals surface area contributed by atoms with Gasteiger partial charge in [-0.2, -0.15) is 9.78 Å². The minimum absolute atomic E-state index is 0.0240. The van der Waals surface area contributed by atoms with E-state index in [-0.39, 0.29) is 41.7 Å². The van der Waals surface area contributed by atoms with E-state index >= 15 is 0 Å². The van der Waals surface area contributed by atoms with Gasteiger partial charge in [0.25, 0.3) is 5.91 Å². The number of hydrazine groups is 1. The standard InChI is InChI=1S/C13H16N6O5S2/c20-13-10-9-12(19(16-10)11-5-1-2-6-14-11)17-25(21,22)7-3-4-8-26(23,24)18-15-13/h1-2,5-6,9,17-18H,3-4,7-8H2,(H,15,20). The maximum atomic E-state index is 12.3. The largest absolute Gasteiger partial charge is 0.286 e. The van der Waals surface area contributed by atoms with Crippen molar-refractivity contribution in [2.45, 2.75) is 12.8 Å². The highest BCUT2D eigenvalue weighted by Gasteiger charge is 2.22. The average molecular weight is 400 g/mol. The summed E-state index contributed by atoms with van der Waals surface area (Å²) >= 11 is 0. The van der Waals surface area contributed by atoms with Crippen LogP contribution in [-0.2, 0) is 20.0 Å². The van der Waals surface area contributed by atoms with Crippen LogP contribution >= 0.6 is 0 Å². The number of hydrogen-bond acceptors (Lipinski definition) is 7. The lowest BCUT2D eigenvalue weighted by Crippen LogP contribution is -2.42. The van der Waals surface area contributed by atoms with E-state index in [0.29, 0.717) is 0 Å². The summed E-state index contributed by atoms with van der Waals surface area (Å²) < 4.78 is 51.7. The van der Waals surface area contributed by atoms with Crippen molar-refractivity contribution in [2.75, 3.05) is 16.2 Å². The van der Waals surface area contributed by atoms with E-state index in [1.165, 1.54) is 12.3 Å². The van der Waals surface area contributed by atoms with Crippen LogP contribution in [0.2, 0.25) is 0 Å². The molecule has 13 heteroatoms. The normalized spacial score (nSPS) is 19.9. The Balaban J connectivity index is 2.04. The van der Waals surface area contributed by atoms with Crippen molar-refractivity contribution in [3.8, 4) is 5.82 Å². The summed E-state index contributed by atoms with van der Waals surface area (Å²) in [4.78, 5) is 18.2. The lowest BCUT2D eigenvalue weighted by molar-refractivity contribution is 0.0939. The topological polar surface area (TPSA) is 152 Å². The summed E-state index contributed by atoms with van der Waals surface area (Å²) in [5.41, 5.74) is 1.87. The van der Waals surface area contributed by atoms with Crippen molar-refractivity contribution in [3.63, 3.8) is 0 Å². The number of nitrogens with one attached hydrogen (secondary N) is 3. The van der Waals surface area contributed by atoms with Gasteiger partial charge in [-0.05, 0) is 25.0 Å². The molecule has 140 valence electrons. The van der Waals surface area contributed by atoms with E-state index in [2.05, 4.69) is 20.2 Å². The first-order chi connectivity index (χ1) is 12.3. The summed E-state index contributed by atoms with van der Waals surface area (Å²) in [5.74, 6) is -1.10. The predicted octanol–water partition coefficient (Wildman–Crippen LogP) is -0.633. The molecule has 3 heterocycles. The van der Waals surface area contributed by atoms with Crippen molar-refractivity contribution >= 4 is 31.8 Å². The molecule has 26 heavy (non-hydrogen) atoms. The van der Waals surface area contributed by atoms with Crippen LogP contribution in [0.3, 0.4) is 0 Å². The van der Waals surface area contributed by atoms with Crippen LogP contribution in [0.1, 0.15) is 23.3 Å². The van der Waals surface area contributed by atoms with Crippen molar-refractivity contribution in [2.24, 2.45) is 0 Å². The lowest BCUT2D eigenvalue weighted by Gasteiger charge is -2.10. The van der Waals surface area contributed by atoms with Crippen molar-refractivity contribution in [1.82, 2.24) is 25.0 Å². The van der Waals surface area contributed by atoms with Gasteiger partial charge in [-0.25, -0.2) is 21.8 Å². The number of fused-ring (bicyclic) bond motifs is 2. The molecule has 0 aromatic carbocycles. The van der Waals surface area contributed by atoms with Crippen LogP contribution in [0.15, 0.2) is 30.5 Å². The second-order valence-electron chi connectivity index (χ2n) is 5.52. The van der Waals surface area contributed by atoms with Crippen LogP contribution in [0.4, 0.5) is 5.82 Å². The molecule has 3 N–H and O–H groups in total. The first-order valence-electron chi connectivity index (χ1n) is 7.58. The lowest BCUT2D eigenvalue weighted by atomic mass is 10.4. The fourth-order valence-corrected chi connectivity index (χ4v) is 4.34. The van der Waals surface area contributed by atoms with Crippen molar-refractivity contribution in [3.05, 3.63) is 36.2 Å². The Kier molecular flexibility index (Phi) is 4.93. The Hall–Kier alpha value is -2.51. The Morgan fingerprint density at radius 3 is 2.46 bits per heavy atom. The molecule has 0 radical (unpaired) electrons. The smallest absolute Gasteiger partial charge is 0.272 e. The molecule has 0 saturated heterocycles. The van der Waals surface area contributed by atoms with Crippen LogP contribution in [-0.4, -0.2) is 49.0 Å². The number of rotatable bonds is 1. The van der Waals surface area contributed by atoms with Gasteiger partial charge in [0, 0.05) is 12.3 Å². The van der Waals surface area contributed by atoms with Gasteiger partial charge in [0.15, 0.2) is 11.5 Å². The summed E-state index contributed by atoms with van der Waals surface area (Å²) in [6.45, 7) is 0. The van der Waals surface area contributed by atoms with Crippen LogP contribution < -0.4 is 15.0 Å². The number of sulfonamides is 2. The molecule has 3 rings (SSSR count). The first-order valence-corrected chi connectivity index (χ1v) is 10.9. The molecule has 0 aliphatic carbocycles. The number of anilines is 1. The Morgan fingerprint density at radius 1 is 1.04 bits per heavy atom. The number of pyridine rings is 1. The third-order valence-electron chi connectivity index (χ3n) is 3.46. The number of aromatic nitrogens is 3. The predicted molar refractivity (Wildman–Crippen MR) is 92.4 cm³/mol. The van der Waals surface area contributed by atoms with Gasteiger partial charge in [0.05, 0.1) is 11.5 Å². The molecule has 1 amide bonds. The number of nitrogens with zero attached hydrogens (tertiary/aromatic N) is 3. The summed E-state index contributed by atoms with van der Waals surface area (Å²) in [7, 11) is -7.54. The minimum Gasteiger partial charge on any atom is -0.272 e. The second-order valence-corrected chi connectivity index (χ2v) is 9.20. The van der Waals surface area contributed by atoms with Gasteiger partial charge in [-0.15, -0.1) is 4.83 Å². The average Bonchev–Trinajstić information content (AvgIpc) is 3.00. The SMILES string of the molecule is O=C1NNS(=O)(=O)CCCCS(=O)(=O)Nc2cc1nn2-c1ccccn1. The summed E-state index contributed by atoms with van der Waals surface area (Å²) in [5, 5.41) is 4.02. The van der Waals surface area contributed by atoms with E-state index in [9.17, 15) is 21.6 Å². The maximum absolute atomic E-state index is 12.3. The third-order valence-corrected chi connectivity index (χ3v) is 6.05. The molecule has 2 aromatic heterocycles. The van der Waals surface area contributed by atoms with E-state index in [1.807, 2.05) is 4.83 Å². The molecule has 2 aromatic rings. The monoisotopic (exact) mass is 400 g/mol. The summed E-state index contributed by atoms with van der Waals surface area (Å²) in [6, 6.07) is 6.13. The van der Waals surface area contributed by atoms with E-state index in [4.69, 9.17) is 0 Å². The first kappa shape index (κ1) is 18.3. The highest BCUT2D eigenvalue weighted by atomic mass is 32.2. The highest BCUT2D eigenvalue weighted by Crippen LogP contribution is 2.18.